The van der Waals surface area contributed by atoms with Crippen LogP contribution in [0, 0.1) is 5.92 Å². The van der Waals surface area contributed by atoms with Gasteiger partial charge in [0.15, 0.2) is 0 Å². The fourth-order valence-corrected chi connectivity index (χ4v) is 2.46. The van der Waals surface area contributed by atoms with Gasteiger partial charge in [-0.1, -0.05) is 52.0 Å². The van der Waals surface area contributed by atoms with E-state index in [0.29, 0.717) is 5.92 Å². The molecular weight excluding hydrogens is 282 g/mol. The standard InChI is InChI=1S/C18H19N3.C2H6/c1-13(2)10-14-8-9-17-16(11-14)18(20-12-19-17)21-15-6-4-3-5-7-15;1-2/h3-9,11-13H,10H2,1-2H3,(H,19,20,21);1-2H3. The Bertz CT molecular complexity index is 736. The lowest BCUT2D eigenvalue weighted by molar-refractivity contribution is 0.648. The van der Waals surface area contributed by atoms with Gasteiger partial charge in [0, 0.05) is 11.1 Å². The van der Waals surface area contributed by atoms with Gasteiger partial charge in [-0.3, -0.25) is 0 Å². The fraction of sp³-hybridized carbons (Fsp3) is 0.300. The molecule has 0 aliphatic heterocycles. The molecule has 3 rings (SSSR count). The van der Waals surface area contributed by atoms with E-state index in [-0.39, 0.29) is 0 Å². The number of nitrogens with one attached hydrogen (secondary N) is 1. The number of fused-ring (bicyclic) bond motifs is 1. The van der Waals surface area contributed by atoms with E-state index in [1.165, 1.54) is 5.56 Å². The highest BCUT2D eigenvalue weighted by Gasteiger charge is 2.06. The molecule has 0 spiro atoms. The van der Waals surface area contributed by atoms with Crippen LogP contribution in [0.2, 0.25) is 0 Å². The molecule has 0 aliphatic rings. The molecule has 3 nitrogen and oxygen atoms in total. The van der Waals surface area contributed by atoms with Gasteiger partial charge in [0.25, 0.3) is 0 Å². The first-order chi connectivity index (χ1) is 11.2. The molecule has 2 aromatic carbocycles. The zero-order chi connectivity index (χ0) is 16.7. The van der Waals surface area contributed by atoms with E-state index in [1.54, 1.807) is 6.33 Å². The van der Waals surface area contributed by atoms with Crippen molar-refractivity contribution in [3.63, 3.8) is 0 Å². The molecule has 1 N–H and O–H groups in total. The number of para-hydroxylation sites is 1. The second-order valence-corrected chi connectivity index (χ2v) is 5.66. The third-order valence-corrected chi connectivity index (χ3v) is 3.38. The van der Waals surface area contributed by atoms with Crippen LogP contribution in [-0.4, -0.2) is 9.97 Å². The van der Waals surface area contributed by atoms with Gasteiger partial charge < -0.3 is 5.32 Å². The van der Waals surface area contributed by atoms with Crippen LogP contribution >= 0.6 is 0 Å². The number of aromatic nitrogens is 2. The van der Waals surface area contributed by atoms with E-state index >= 15 is 0 Å². The number of rotatable bonds is 4. The molecule has 0 amide bonds. The maximum atomic E-state index is 4.40. The van der Waals surface area contributed by atoms with E-state index in [2.05, 4.69) is 47.3 Å². The molecule has 0 unspecified atom stereocenters. The van der Waals surface area contributed by atoms with Gasteiger partial charge in [-0.05, 0) is 42.2 Å². The summed E-state index contributed by atoms with van der Waals surface area (Å²) < 4.78 is 0. The third-order valence-electron chi connectivity index (χ3n) is 3.38. The van der Waals surface area contributed by atoms with Gasteiger partial charge in [0.05, 0.1) is 5.52 Å². The molecule has 0 fully saturated rings. The summed E-state index contributed by atoms with van der Waals surface area (Å²) in [6.45, 7) is 8.46. The topological polar surface area (TPSA) is 37.8 Å². The van der Waals surface area contributed by atoms with Crippen LogP contribution in [0.4, 0.5) is 11.5 Å². The third kappa shape index (κ3) is 4.52. The maximum Gasteiger partial charge on any atom is 0.141 e. The lowest BCUT2D eigenvalue weighted by atomic mass is 10.0. The van der Waals surface area contributed by atoms with E-state index in [1.807, 2.05) is 44.2 Å². The molecule has 0 atom stereocenters. The first kappa shape index (κ1) is 16.9. The monoisotopic (exact) mass is 307 g/mol. The average molecular weight is 307 g/mol. The minimum Gasteiger partial charge on any atom is -0.340 e. The summed E-state index contributed by atoms with van der Waals surface area (Å²) in [7, 11) is 0. The molecule has 1 heterocycles. The number of benzene rings is 2. The van der Waals surface area contributed by atoms with Crippen molar-refractivity contribution >= 4 is 22.4 Å². The molecule has 0 aliphatic carbocycles. The number of hydrogen-bond acceptors (Lipinski definition) is 3. The molecule has 3 heteroatoms. The van der Waals surface area contributed by atoms with Crippen LogP contribution < -0.4 is 5.32 Å². The molecule has 0 radical (unpaired) electrons. The van der Waals surface area contributed by atoms with E-state index < -0.39 is 0 Å². The molecule has 0 bridgehead atoms. The molecule has 0 saturated heterocycles. The Hall–Kier alpha value is -2.42. The molecule has 0 saturated carbocycles. The molecule has 23 heavy (non-hydrogen) atoms. The Morgan fingerprint density at radius 1 is 0.957 bits per heavy atom. The second kappa shape index (κ2) is 8.28. The Morgan fingerprint density at radius 2 is 1.70 bits per heavy atom. The van der Waals surface area contributed by atoms with Crippen molar-refractivity contribution in [2.24, 2.45) is 5.92 Å². The van der Waals surface area contributed by atoms with Crippen LogP contribution in [0.5, 0.6) is 0 Å². The largest absolute Gasteiger partial charge is 0.340 e. The molecule has 120 valence electrons. The average Bonchev–Trinajstić information content (AvgIpc) is 2.58. The van der Waals surface area contributed by atoms with Gasteiger partial charge in [0.2, 0.25) is 0 Å². The Kier molecular flexibility index (Phi) is 6.10. The summed E-state index contributed by atoms with van der Waals surface area (Å²) in [6, 6.07) is 16.5. The van der Waals surface area contributed by atoms with Gasteiger partial charge >= 0.3 is 0 Å². The van der Waals surface area contributed by atoms with Crippen molar-refractivity contribution in [3.8, 4) is 0 Å². The summed E-state index contributed by atoms with van der Waals surface area (Å²) in [5.41, 5.74) is 3.33. The first-order valence-corrected chi connectivity index (χ1v) is 8.28. The van der Waals surface area contributed by atoms with E-state index in [9.17, 15) is 0 Å². The van der Waals surface area contributed by atoms with Crippen LogP contribution in [0.25, 0.3) is 10.9 Å². The highest BCUT2D eigenvalue weighted by Crippen LogP contribution is 2.24. The molecule has 3 aromatic rings. The zero-order valence-corrected chi connectivity index (χ0v) is 14.4. The fourth-order valence-electron chi connectivity index (χ4n) is 2.46. The summed E-state index contributed by atoms with van der Waals surface area (Å²) in [5, 5.41) is 4.45. The van der Waals surface area contributed by atoms with E-state index in [0.717, 1.165) is 28.8 Å². The van der Waals surface area contributed by atoms with Crippen molar-refractivity contribution in [1.29, 1.82) is 0 Å². The normalized spacial score (nSPS) is 10.3. The van der Waals surface area contributed by atoms with Crippen molar-refractivity contribution in [2.75, 3.05) is 5.32 Å². The van der Waals surface area contributed by atoms with E-state index in [4.69, 9.17) is 0 Å². The maximum absolute atomic E-state index is 4.40. The van der Waals surface area contributed by atoms with Crippen LogP contribution in [0.1, 0.15) is 33.3 Å². The summed E-state index contributed by atoms with van der Waals surface area (Å²) in [4.78, 5) is 8.75. The SMILES string of the molecule is CC.CC(C)Cc1ccc2ncnc(Nc3ccccc3)c2c1. The van der Waals surface area contributed by atoms with Crippen molar-refractivity contribution in [2.45, 2.75) is 34.1 Å². The number of anilines is 2. The summed E-state index contributed by atoms with van der Waals surface area (Å²) >= 11 is 0. The number of nitrogens with zero attached hydrogens (tertiary/aromatic N) is 2. The predicted molar refractivity (Wildman–Crippen MR) is 99.2 cm³/mol. The molecule has 1 aromatic heterocycles. The lowest BCUT2D eigenvalue weighted by Crippen LogP contribution is -1.98. The minimum absolute atomic E-state index is 0.637. The van der Waals surface area contributed by atoms with Gasteiger partial charge in [-0.2, -0.15) is 0 Å². The van der Waals surface area contributed by atoms with Crippen LogP contribution in [0.15, 0.2) is 54.9 Å². The predicted octanol–water partition coefficient (Wildman–Crippen LogP) is 5.60. The Labute approximate surface area is 138 Å². The van der Waals surface area contributed by atoms with Crippen molar-refractivity contribution in [1.82, 2.24) is 9.97 Å². The lowest BCUT2D eigenvalue weighted by Gasteiger charge is -2.10. The van der Waals surface area contributed by atoms with Crippen molar-refractivity contribution < 1.29 is 0 Å². The summed E-state index contributed by atoms with van der Waals surface area (Å²) in [5.74, 6) is 1.49. The summed E-state index contributed by atoms with van der Waals surface area (Å²) in [6.07, 6.45) is 2.67. The quantitative estimate of drug-likeness (QED) is 0.682. The highest BCUT2D eigenvalue weighted by atomic mass is 15.0. The minimum atomic E-state index is 0.637. The van der Waals surface area contributed by atoms with Gasteiger partial charge in [0.1, 0.15) is 12.1 Å². The van der Waals surface area contributed by atoms with Crippen LogP contribution in [0.3, 0.4) is 0 Å². The second-order valence-electron chi connectivity index (χ2n) is 5.66. The van der Waals surface area contributed by atoms with Crippen LogP contribution in [-0.2, 0) is 6.42 Å². The smallest absolute Gasteiger partial charge is 0.141 e. The first-order valence-electron chi connectivity index (χ1n) is 8.28. The zero-order valence-electron chi connectivity index (χ0n) is 14.4. The highest BCUT2D eigenvalue weighted by molar-refractivity contribution is 5.91. The molecular formula is C20H25N3. The Morgan fingerprint density at radius 3 is 2.39 bits per heavy atom. The Balaban J connectivity index is 0.000000924. The number of hydrogen-bond donors (Lipinski definition) is 1. The van der Waals surface area contributed by atoms with Gasteiger partial charge in [-0.15, -0.1) is 0 Å². The van der Waals surface area contributed by atoms with Crippen molar-refractivity contribution in [3.05, 3.63) is 60.4 Å². The van der Waals surface area contributed by atoms with Gasteiger partial charge in [-0.25, -0.2) is 9.97 Å².